The van der Waals surface area contributed by atoms with E-state index in [4.69, 9.17) is 9.47 Å². The van der Waals surface area contributed by atoms with Crippen LogP contribution in [0.4, 0.5) is 5.69 Å². The highest BCUT2D eigenvalue weighted by Gasteiger charge is 2.16. The number of hydrogen-bond acceptors (Lipinski definition) is 5. The van der Waals surface area contributed by atoms with Crippen LogP contribution in [-0.4, -0.2) is 29.3 Å². The van der Waals surface area contributed by atoms with E-state index in [1.54, 1.807) is 49.6 Å². The summed E-state index contributed by atoms with van der Waals surface area (Å²) in [7, 11) is 3.04. The number of fused-ring (bicyclic) bond motifs is 1. The summed E-state index contributed by atoms with van der Waals surface area (Å²) in [6.45, 7) is 2.14. The van der Waals surface area contributed by atoms with E-state index in [0.29, 0.717) is 34.6 Å². The smallest absolute Gasteiger partial charge is 0.331 e. The predicted molar refractivity (Wildman–Crippen MR) is 120 cm³/mol. The Morgan fingerprint density at radius 3 is 2.48 bits per heavy atom. The summed E-state index contributed by atoms with van der Waals surface area (Å²) in [4.78, 5) is 38.7. The number of aromatic nitrogens is 2. The lowest BCUT2D eigenvalue weighted by molar-refractivity contribution is -0.116. The highest BCUT2D eigenvalue weighted by molar-refractivity contribution is 5.93. The Kier molecular flexibility index (Phi) is 7.12. The van der Waals surface area contributed by atoms with Gasteiger partial charge in [0.15, 0.2) is 0 Å². The lowest BCUT2D eigenvalue weighted by atomic mass is 10.2. The van der Waals surface area contributed by atoms with E-state index < -0.39 is 11.6 Å². The first-order chi connectivity index (χ1) is 15.0. The molecule has 0 atom stereocenters. The van der Waals surface area contributed by atoms with Crippen LogP contribution in [0.25, 0.3) is 10.9 Å². The molecule has 8 nitrogen and oxygen atoms in total. The van der Waals surface area contributed by atoms with Gasteiger partial charge in [0.1, 0.15) is 18.0 Å². The molecule has 1 heterocycles. The highest BCUT2D eigenvalue weighted by atomic mass is 16.5. The molecule has 0 aliphatic heterocycles. The third-order valence-corrected chi connectivity index (χ3v) is 5.10. The summed E-state index contributed by atoms with van der Waals surface area (Å²) >= 11 is 0. The summed E-state index contributed by atoms with van der Waals surface area (Å²) in [5.41, 5.74) is 0.0739. The van der Waals surface area contributed by atoms with Crippen molar-refractivity contribution in [2.45, 2.75) is 39.3 Å². The predicted octanol–water partition coefficient (Wildman–Crippen LogP) is 3.01. The fourth-order valence-corrected chi connectivity index (χ4v) is 3.48. The molecule has 0 bridgehead atoms. The lowest BCUT2D eigenvalue weighted by Gasteiger charge is -2.15. The number of nitrogens with one attached hydrogen (secondary N) is 1. The number of benzene rings is 2. The minimum Gasteiger partial charge on any atom is -0.497 e. The molecule has 1 aromatic heterocycles. The van der Waals surface area contributed by atoms with Gasteiger partial charge in [0.2, 0.25) is 5.91 Å². The Morgan fingerprint density at radius 2 is 1.77 bits per heavy atom. The van der Waals surface area contributed by atoms with E-state index in [1.165, 1.54) is 16.2 Å². The monoisotopic (exact) mass is 425 g/mol. The fourth-order valence-electron chi connectivity index (χ4n) is 3.48. The fraction of sp³-hybridized carbons (Fsp3) is 0.348. The minimum absolute atomic E-state index is 0.234. The second-order valence-corrected chi connectivity index (χ2v) is 7.16. The van der Waals surface area contributed by atoms with E-state index >= 15 is 0 Å². The van der Waals surface area contributed by atoms with Crippen LogP contribution in [0.1, 0.15) is 26.2 Å². The van der Waals surface area contributed by atoms with Crippen LogP contribution >= 0.6 is 0 Å². The van der Waals surface area contributed by atoms with Gasteiger partial charge < -0.3 is 14.8 Å². The van der Waals surface area contributed by atoms with Crippen molar-refractivity contribution in [3.63, 3.8) is 0 Å². The number of carbonyl (C=O) groups is 1. The SMILES string of the molecule is CCCCCn1c(=O)c2ccccc2n(CC(=O)Nc2ccc(OC)cc2OC)c1=O. The number of unbranched alkanes of at least 4 members (excludes halogenated alkanes) is 2. The molecule has 2 aromatic carbocycles. The maximum Gasteiger partial charge on any atom is 0.331 e. The Bertz CT molecular complexity index is 1200. The number of nitrogens with zero attached hydrogens (tertiary/aromatic N) is 2. The van der Waals surface area contributed by atoms with E-state index in [2.05, 4.69) is 12.2 Å². The summed E-state index contributed by atoms with van der Waals surface area (Å²) in [6.07, 6.45) is 2.61. The molecule has 1 amide bonds. The number of anilines is 1. The van der Waals surface area contributed by atoms with Crippen molar-refractivity contribution < 1.29 is 14.3 Å². The average molecular weight is 425 g/mol. The van der Waals surface area contributed by atoms with E-state index in [1.807, 2.05) is 0 Å². The largest absolute Gasteiger partial charge is 0.497 e. The number of para-hydroxylation sites is 1. The average Bonchev–Trinajstić information content (AvgIpc) is 2.79. The van der Waals surface area contributed by atoms with Crippen molar-refractivity contribution in [3.05, 3.63) is 63.3 Å². The van der Waals surface area contributed by atoms with E-state index in [9.17, 15) is 14.4 Å². The first kappa shape index (κ1) is 22.1. The van der Waals surface area contributed by atoms with Gasteiger partial charge in [-0.15, -0.1) is 0 Å². The zero-order valence-corrected chi connectivity index (χ0v) is 18.0. The van der Waals surface area contributed by atoms with Gasteiger partial charge in [0.25, 0.3) is 5.56 Å². The van der Waals surface area contributed by atoms with Crippen LogP contribution in [0.15, 0.2) is 52.1 Å². The number of carbonyl (C=O) groups excluding carboxylic acids is 1. The normalized spacial score (nSPS) is 10.8. The van der Waals surface area contributed by atoms with Gasteiger partial charge in [0.05, 0.1) is 30.8 Å². The maximum absolute atomic E-state index is 13.1. The van der Waals surface area contributed by atoms with Gasteiger partial charge in [-0.1, -0.05) is 31.9 Å². The van der Waals surface area contributed by atoms with Crippen molar-refractivity contribution >= 4 is 22.5 Å². The van der Waals surface area contributed by atoms with Gasteiger partial charge in [-0.05, 0) is 30.7 Å². The molecule has 8 heteroatoms. The second kappa shape index (κ2) is 9.97. The van der Waals surface area contributed by atoms with Crippen LogP contribution < -0.4 is 26.0 Å². The summed E-state index contributed by atoms with van der Waals surface area (Å²) in [5, 5.41) is 3.18. The molecule has 0 radical (unpaired) electrons. The number of methoxy groups -OCH3 is 2. The van der Waals surface area contributed by atoms with Crippen molar-refractivity contribution in [1.82, 2.24) is 9.13 Å². The molecule has 31 heavy (non-hydrogen) atoms. The van der Waals surface area contributed by atoms with Gasteiger partial charge in [0, 0.05) is 12.6 Å². The zero-order chi connectivity index (χ0) is 22.4. The Hall–Kier alpha value is -3.55. The molecule has 0 aliphatic carbocycles. The van der Waals surface area contributed by atoms with Crippen LogP contribution in [0.2, 0.25) is 0 Å². The van der Waals surface area contributed by atoms with Crippen molar-refractivity contribution in [1.29, 1.82) is 0 Å². The summed E-state index contributed by atoms with van der Waals surface area (Å²) < 4.78 is 13.0. The van der Waals surface area contributed by atoms with Crippen LogP contribution in [0.5, 0.6) is 11.5 Å². The molecule has 0 unspecified atom stereocenters. The van der Waals surface area contributed by atoms with Crippen molar-refractivity contribution in [2.24, 2.45) is 0 Å². The zero-order valence-electron chi connectivity index (χ0n) is 18.0. The van der Waals surface area contributed by atoms with E-state index in [-0.39, 0.29) is 12.1 Å². The molecule has 3 aromatic rings. The molecule has 0 spiro atoms. The molecule has 0 fully saturated rings. The molecule has 0 saturated heterocycles. The van der Waals surface area contributed by atoms with Crippen LogP contribution in [-0.2, 0) is 17.9 Å². The maximum atomic E-state index is 13.1. The van der Waals surface area contributed by atoms with Gasteiger partial charge in [-0.25, -0.2) is 4.79 Å². The molecule has 1 N–H and O–H groups in total. The number of amides is 1. The molecular weight excluding hydrogens is 398 g/mol. The molecule has 3 rings (SSSR count). The lowest BCUT2D eigenvalue weighted by Crippen LogP contribution is -2.41. The summed E-state index contributed by atoms with van der Waals surface area (Å²) in [6, 6.07) is 11.9. The third kappa shape index (κ3) is 4.79. The topological polar surface area (TPSA) is 91.6 Å². The second-order valence-electron chi connectivity index (χ2n) is 7.16. The molecule has 0 saturated carbocycles. The van der Waals surface area contributed by atoms with Crippen molar-refractivity contribution in [3.8, 4) is 11.5 Å². The highest BCUT2D eigenvalue weighted by Crippen LogP contribution is 2.29. The minimum atomic E-state index is -0.489. The number of hydrogen-bond donors (Lipinski definition) is 1. The van der Waals surface area contributed by atoms with Gasteiger partial charge >= 0.3 is 5.69 Å². The first-order valence-electron chi connectivity index (χ1n) is 10.2. The standard InChI is InChI=1S/C23H27N3O5/c1-4-5-8-13-25-22(28)17-9-6-7-10-19(17)26(23(25)29)15-21(27)24-18-12-11-16(30-2)14-20(18)31-3/h6-7,9-12,14H,4-5,8,13,15H2,1-3H3,(H,24,27). The Balaban J connectivity index is 1.96. The van der Waals surface area contributed by atoms with Gasteiger partial charge in [-0.3, -0.25) is 18.7 Å². The molecule has 164 valence electrons. The quantitative estimate of drug-likeness (QED) is 0.532. The van der Waals surface area contributed by atoms with Crippen molar-refractivity contribution in [2.75, 3.05) is 19.5 Å². The van der Waals surface area contributed by atoms with Crippen LogP contribution in [0.3, 0.4) is 0 Å². The third-order valence-electron chi connectivity index (χ3n) is 5.10. The number of ether oxygens (including phenoxy) is 2. The van der Waals surface area contributed by atoms with E-state index in [0.717, 1.165) is 19.3 Å². The molecule has 0 aliphatic rings. The summed E-state index contributed by atoms with van der Waals surface area (Å²) in [5.74, 6) is 0.625. The van der Waals surface area contributed by atoms with Gasteiger partial charge in [-0.2, -0.15) is 0 Å². The first-order valence-corrected chi connectivity index (χ1v) is 10.2. The van der Waals surface area contributed by atoms with Crippen LogP contribution in [0, 0.1) is 0 Å². The molecular formula is C23H27N3O5. The number of rotatable bonds is 9. The Labute approximate surface area is 180 Å². The Morgan fingerprint density at radius 1 is 1.00 bits per heavy atom.